The Kier molecular flexibility index (Phi) is 21.3. The molecule has 0 amide bonds. The lowest BCUT2D eigenvalue weighted by atomic mass is 10.1. The quantitative estimate of drug-likeness (QED) is 0.0746. The van der Waals surface area contributed by atoms with Crippen molar-refractivity contribution in [1.29, 1.82) is 0 Å². The molecule has 0 saturated carbocycles. The van der Waals surface area contributed by atoms with Crippen LogP contribution in [0.2, 0.25) is 0 Å². The normalized spacial score (nSPS) is 14.0. The number of allylic oxidation sites excluding steroid dienone is 1. The van der Waals surface area contributed by atoms with E-state index in [1.165, 1.54) is 77.6 Å². The highest BCUT2D eigenvalue weighted by molar-refractivity contribution is 7.46. The van der Waals surface area contributed by atoms with Crippen LogP contribution in [0.25, 0.3) is 0 Å². The van der Waals surface area contributed by atoms with Gasteiger partial charge in [-0.3, -0.25) is 9.32 Å². The first kappa shape index (κ1) is 32.2. The van der Waals surface area contributed by atoms with Gasteiger partial charge < -0.3 is 25.0 Å². The Balaban J connectivity index is 3.70. The van der Waals surface area contributed by atoms with Gasteiger partial charge in [0.15, 0.2) is 0 Å². The first-order valence-electron chi connectivity index (χ1n) is 12.6. The Labute approximate surface area is 200 Å². The highest BCUT2D eigenvalue weighted by Crippen LogP contribution is 2.35. The average Bonchev–Trinajstić information content (AvgIpc) is 2.73. The minimum absolute atomic E-state index is 0.176. The molecule has 0 bridgehead atoms. The molecule has 0 rings (SSSR count). The molecule has 2 unspecified atom stereocenters. The maximum absolute atomic E-state index is 11.2. The fraction of sp³-hybridized carbons (Fsp3) is 0.875. The monoisotopic (exact) mass is 493 g/mol. The molecule has 0 aliphatic heterocycles. The lowest BCUT2D eigenvalue weighted by Crippen LogP contribution is -2.34. The van der Waals surface area contributed by atoms with Gasteiger partial charge in [0.1, 0.15) is 6.10 Å². The van der Waals surface area contributed by atoms with Crippen LogP contribution in [0, 0.1) is 0 Å². The Bertz CT molecular complexity index is 539. The molecule has 33 heavy (non-hydrogen) atoms. The minimum Gasteiger partial charge on any atom is -0.460 e. The van der Waals surface area contributed by atoms with Crippen molar-refractivity contribution in [3.05, 3.63) is 12.2 Å². The number of hydrogen-bond donors (Lipinski definition) is 3. The zero-order valence-corrected chi connectivity index (χ0v) is 21.7. The topological polar surface area (TPSA) is 128 Å². The number of ether oxygens (including phenoxy) is 2. The second kappa shape index (κ2) is 21.8. The van der Waals surface area contributed by atoms with E-state index >= 15 is 0 Å². The molecule has 9 heteroatoms. The van der Waals surface area contributed by atoms with Crippen molar-refractivity contribution in [3.63, 3.8) is 0 Å². The summed E-state index contributed by atoms with van der Waals surface area (Å²) in [5.41, 5.74) is 5.80. The van der Waals surface area contributed by atoms with E-state index in [0.29, 0.717) is 6.61 Å². The highest BCUT2D eigenvalue weighted by Gasteiger charge is 2.21. The summed E-state index contributed by atoms with van der Waals surface area (Å²) in [6, 6.07) is -0.684. The van der Waals surface area contributed by atoms with Crippen LogP contribution < -0.4 is 5.73 Å². The predicted molar refractivity (Wildman–Crippen MR) is 132 cm³/mol. The number of unbranched alkanes of at least 4 members (excludes halogenated alkanes) is 11. The second-order valence-corrected chi connectivity index (χ2v) is 9.91. The van der Waals surface area contributed by atoms with Crippen molar-refractivity contribution in [3.8, 4) is 0 Å². The van der Waals surface area contributed by atoms with Crippen LogP contribution in [0.1, 0.15) is 104 Å². The third-order valence-corrected chi connectivity index (χ3v) is 5.71. The molecule has 0 aliphatic carbocycles. The van der Waals surface area contributed by atoms with E-state index in [4.69, 9.17) is 25.0 Å². The minimum atomic E-state index is -4.57. The molecule has 0 fully saturated rings. The Morgan fingerprint density at radius 2 is 1.45 bits per heavy atom. The van der Waals surface area contributed by atoms with E-state index in [1.807, 2.05) is 0 Å². The summed E-state index contributed by atoms with van der Waals surface area (Å²) in [5.74, 6) is -0.460. The van der Waals surface area contributed by atoms with Crippen molar-refractivity contribution in [2.24, 2.45) is 5.73 Å². The van der Waals surface area contributed by atoms with Gasteiger partial charge in [-0.15, -0.1) is 0 Å². The van der Waals surface area contributed by atoms with E-state index in [9.17, 15) is 9.36 Å². The fourth-order valence-corrected chi connectivity index (χ4v) is 3.90. The van der Waals surface area contributed by atoms with E-state index in [1.54, 1.807) is 0 Å². The summed E-state index contributed by atoms with van der Waals surface area (Å²) in [6.45, 7) is 3.90. The summed E-state index contributed by atoms with van der Waals surface area (Å²) < 4.78 is 25.9. The van der Waals surface area contributed by atoms with Crippen LogP contribution in [0.4, 0.5) is 0 Å². The molecule has 0 saturated heterocycles. The lowest BCUT2D eigenvalue weighted by molar-refractivity contribution is -0.150. The molecule has 0 aliphatic rings. The molecule has 0 radical (unpaired) electrons. The number of phosphoric acid groups is 1. The van der Waals surface area contributed by atoms with E-state index in [0.717, 1.165) is 12.8 Å². The largest absolute Gasteiger partial charge is 0.469 e. The second-order valence-electron chi connectivity index (χ2n) is 8.67. The molecular formula is C24H48NO7P. The number of carbonyl (C=O) groups excluding carboxylic acids is 1. The van der Waals surface area contributed by atoms with Gasteiger partial charge in [0, 0.05) is 19.4 Å². The Morgan fingerprint density at radius 3 is 2.00 bits per heavy atom. The first-order valence-corrected chi connectivity index (χ1v) is 14.1. The van der Waals surface area contributed by atoms with Gasteiger partial charge in [-0.1, -0.05) is 83.3 Å². The van der Waals surface area contributed by atoms with Crippen molar-refractivity contribution < 1.29 is 33.1 Å². The van der Waals surface area contributed by atoms with E-state index in [2.05, 4.69) is 23.6 Å². The molecule has 8 nitrogen and oxygen atoms in total. The number of esters is 1. The molecule has 0 spiro atoms. The SMILES string of the molecule is CCCCCCCCCCCCCC=CCCOCC(CC(N)COP(=O)(O)O)OC(C)=O. The molecular weight excluding hydrogens is 445 g/mol. The highest BCUT2D eigenvalue weighted by atomic mass is 31.2. The van der Waals surface area contributed by atoms with Gasteiger partial charge in [-0.05, 0) is 19.3 Å². The summed E-state index contributed by atoms with van der Waals surface area (Å²) in [7, 11) is -4.57. The third-order valence-electron chi connectivity index (χ3n) is 5.23. The van der Waals surface area contributed by atoms with Crippen LogP contribution in [0.5, 0.6) is 0 Å². The zero-order valence-electron chi connectivity index (χ0n) is 20.8. The van der Waals surface area contributed by atoms with E-state index < -0.39 is 25.9 Å². The number of rotatable bonds is 23. The Morgan fingerprint density at radius 1 is 0.909 bits per heavy atom. The zero-order chi connectivity index (χ0) is 24.8. The van der Waals surface area contributed by atoms with Gasteiger partial charge in [0.25, 0.3) is 0 Å². The summed E-state index contributed by atoms with van der Waals surface area (Å²) in [6.07, 6.45) is 20.6. The standard InChI is InChI=1S/C24H48NO7P/c1-3-4-5-6-7-8-9-10-11-12-13-14-15-16-17-18-30-21-24(32-22(2)26)19-23(25)20-31-33(27,28)29/h15-16,23-24H,3-14,17-21,25H2,1-2H3,(H2,27,28,29). The van der Waals surface area contributed by atoms with Crippen LogP contribution in [0.15, 0.2) is 12.2 Å². The summed E-state index contributed by atoms with van der Waals surface area (Å²) in [4.78, 5) is 28.7. The van der Waals surface area contributed by atoms with Gasteiger partial charge in [0.2, 0.25) is 0 Å². The van der Waals surface area contributed by atoms with Crippen LogP contribution >= 0.6 is 7.82 Å². The Hall–Kier alpha value is -0.760. The van der Waals surface area contributed by atoms with Crippen molar-refractivity contribution in [1.82, 2.24) is 0 Å². The number of hydrogen-bond acceptors (Lipinski definition) is 6. The maximum atomic E-state index is 11.2. The number of carbonyl (C=O) groups is 1. The average molecular weight is 494 g/mol. The number of phosphoric ester groups is 1. The van der Waals surface area contributed by atoms with E-state index in [-0.39, 0.29) is 19.6 Å². The van der Waals surface area contributed by atoms with Crippen LogP contribution in [-0.4, -0.2) is 47.7 Å². The number of nitrogens with two attached hydrogens (primary N) is 1. The van der Waals surface area contributed by atoms with Gasteiger partial charge in [-0.2, -0.15) is 0 Å². The molecule has 196 valence electrons. The van der Waals surface area contributed by atoms with Crippen LogP contribution in [0.3, 0.4) is 0 Å². The molecule has 0 aromatic rings. The third kappa shape index (κ3) is 25.7. The first-order chi connectivity index (χ1) is 15.7. The van der Waals surface area contributed by atoms with Crippen molar-refractivity contribution >= 4 is 13.8 Å². The summed E-state index contributed by atoms with van der Waals surface area (Å²) in [5, 5.41) is 0. The smallest absolute Gasteiger partial charge is 0.460 e. The van der Waals surface area contributed by atoms with Crippen molar-refractivity contribution in [2.75, 3.05) is 19.8 Å². The molecule has 4 N–H and O–H groups in total. The van der Waals surface area contributed by atoms with Gasteiger partial charge in [-0.25, -0.2) is 4.57 Å². The maximum Gasteiger partial charge on any atom is 0.469 e. The fourth-order valence-electron chi connectivity index (χ4n) is 3.51. The van der Waals surface area contributed by atoms with Crippen molar-refractivity contribution in [2.45, 2.75) is 116 Å². The molecule has 0 aromatic heterocycles. The van der Waals surface area contributed by atoms with Crippen LogP contribution in [-0.2, 0) is 23.4 Å². The molecule has 0 aromatic carbocycles. The summed E-state index contributed by atoms with van der Waals surface area (Å²) >= 11 is 0. The van der Waals surface area contributed by atoms with Gasteiger partial charge >= 0.3 is 13.8 Å². The van der Waals surface area contributed by atoms with Gasteiger partial charge in [0.05, 0.1) is 19.8 Å². The predicted octanol–water partition coefficient (Wildman–Crippen LogP) is 5.41. The molecule has 0 heterocycles. The molecule has 2 atom stereocenters. The lowest BCUT2D eigenvalue weighted by Gasteiger charge is -2.21.